The van der Waals surface area contributed by atoms with Crippen LogP contribution in [0.2, 0.25) is 0 Å². The Morgan fingerprint density at radius 3 is 2.43 bits per heavy atom. The molecule has 0 saturated heterocycles. The highest BCUT2D eigenvalue weighted by molar-refractivity contribution is 7.89. The Morgan fingerprint density at radius 1 is 1.05 bits per heavy atom. The molecule has 0 unspecified atom stereocenters. The van der Waals surface area contributed by atoms with Gasteiger partial charge in [0.25, 0.3) is 0 Å². The smallest absolute Gasteiger partial charge is 0.355 e. The molecule has 186 valence electrons. The SMILES string of the molecule is Cc1ccc(-c2nn(-c3nc(C(=O)O)cs3)cc2Cc2ccc(S(N)(=O)=O)cc2)cc1-c1ccncc1. The predicted octanol–water partition coefficient (Wildman–Crippen LogP) is 4.30. The van der Waals surface area contributed by atoms with Crippen molar-refractivity contribution in [1.29, 1.82) is 0 Å². The van der Waals surface area contributed by atoms with Crippen LogP contribution < -0.4 is 5.14 Å². The van der Waals surface area contributed by atoms with Crippen molar-refractivity contribution >= 4 is 27.3 Å². The molecule has 0 amide bonds. The fourth-order valence-corrected chi connectivity index (χ4v) is 5.22. The van der Waals surface area contributed by atoms with Gasteiger partial charge in [0.2, 0.25) is 15.2 Å². The summed E-state index contributed by atoms with van der Waals surface area (Å²) in [6.45, 7) is 2.04. The summed E-state index contributed by atoms with van der Waals surface area (Å²) in [5.41, 5.74) is 6.42. The minimum atomic E-state index is -3.79. The number of primary sulfonamides is 1. The monoisotopic (exact) mass is 531 g/mol. The van der Waals surface area contributed by atoms with Crippen molar-refractivity contribution in [3.05, 3.63) is 101 Å². The fraction of sp³-hybridized carbons (Fsp3) is 0.0769. The first-order valence-electron chi connectivity index (χ1n) is 11.1. The van der Waals surface area contributed by atoms with Gasteiger partial charge in [0.1, 0.15) is 0 Å². The van der Waals surface area contributed by atoms with E-state index in [0.29, 0.717) is 17.2 Å². The van der Waals surface area contributed by atoms with Crippen LogP contribution in [0.15, 0.2) is 83.5 Å². The number of sulfonamides is 1. The van der Waals surface area contributed by atoms with Gasteiger partial charge in [0.15, 0.2) is 5.69 Å². The first-order chi connectivity index (χ1) is 17.7. The van der Waals surface area contributed by atoms with Crippen molar-refractivity contribution in [3.63, 3.8) is 0 Å². The van der Waals surface area contributed by atoms with Crippen LogP contribution in [0.25, 0.3) is 27.5 Å². The minimum absolute atomic E-state index is 0.0386. The van der Waals surface area contributed by atoms with Crippen LogP contribution in [0.3, 0.4) is 0 Å². The van der Waals surface area contributed by atoms with Crippen LogP contribution in [0, 0.1) is 6.92 Å². The van der Waals surface area contributed by atoms with E-state index in [1.54, 1.807) is 29.2 Å². The van der Waals surface area contributed by atoms with Gasteiger partial charge in [-0.2, -0.15) is 5.10 Å². The molecule has 37 heavy (non-hydrogen) atoms. The first-order valence-corrected chi connectivity index (χ1v) is 13.5. The molecular formula is C26H21N5O4S2. The zero-order valence-corrected chi connectivity index (χ0v) is 21.2. The van der Waals surface area contributed by atoms with Gasteiger partial charge >= 0.3 is 5.97 Å². The summed E-state index contributed by atoms with van der Waals surface area (Å²) >= 11 is 1.18. The van der Waals surface area contributed by atoms with Gasteiger partial charge in [-0.25, -0.2) is 28.0 Å². The van der Waals surface area contributed by atoms with Crippen LogP contribution in [0.4, 0.5) is 0 Å². The molecule has 5 aromatic rings. The average molecular weight is 532 g/mol. The zero-order chi connectivity index (χ0) is 26.2. The largest absolute Gasteiger partial charge is 0.476 e. The molecule has 3 heterocycles. The van der Waals surface area contributed by atoms with E-state index in [1.807, 2.05) is 37.4 Å². The van der Waals surface area contributed by atoms with Crippen molar-refractivity contribution in [3.8, 4) is 27.5 Å². The third-order valence-corrected chi connectivity index (χ3v) is 7.61. The molecule has 2 aromatic carbocycles. The minimum Gasteiger partial charge on any atom is -0.476 e. The summed E-state index contributed by atoms with van der Waals surface area (Å²) in [4.78, 5) is 19.7. The van der Waals surface area contributed by atoms with Crippen LogP contribution in [0.1, 0.15) is 27.2 Å². The number of benzene rings is 2. The summed E-state index contributed by atoms with van der Waals surface area (Å²) in [6, 6.07) is 16.4. The number of carboxylic acids is 1. The molecule has 5 rings (SSSR count). The molecule has 0 radical (unpaired) electrons. The van der Waals surface area contributed by atoms with Crippen LogP contribution >= 0.6 is 11.3 Å². The number of nitrogens with two attached hydrogens (primary N) is 1. The number of carboxylic acid groups (broad SMARTS) is 1. The van der Waals surface area contributed by atoms with Gasteiger partial charge in [0.05, 0.1) is 10.6 Å². The van der Waals surface area contributed by atoms with Crippen molar-refractivity contribution in [2.45, 2.75) is 18.2 Å². The maximum absolute atomic E-state index is 11.6. The molecule has 0 aliphatic heterocycles. The van der Waals surface area contributed by atoms with E-state index in [4.69, 9.17) is 10.2 Å². The highest BCUT2D eigenvalue weighted by Crippen LogP contribution is 2.32. The molecule has 0 fully saturated rings. The highest BCUT2D eigenvalue weighted by atomic mass is 32.2. The number of carbonyl (C=O) groups is 1. The number of nitrogens with zero attached hydrogens (tertiary/aromatic N) is 4. The summed E-state index contributed by atoms with van der Waals surface area (Å²) in [7, 11) is -3.79. The number of pyridine rings is 1. The number of hydrogen-bond acceptors (Lipinski definition) is 7. The number of aromatic carboxylic acids is 1. The molecule has 3 N–H and O–H groups in total. The zero-order valence-electron chi connectivity index (χ0n) is 19.6. The van der Waals surface area contributed by atoms with E-state index < -0.39 is 16.0 Å². The molecule has 11 heteroatoms. The Morgan fingerprint density at radius 2 is 1.78 bits per heavy atom. The molecule has 0 aliphatic rings. The van der Waals surface area contributed by atoms with Gasteiger partial charge in [-0.15, -0.1) is 11.3 Å². The van der Waals surface area contributed by atoms with Crippen LogP contribution in [-0.4, -0.2) is 39.2 Å². The van der Waals surface area contributed by atoms with Gasteiger partial charge in [-0.05, 0) is 59.5 Å². The second-order valence-electron chi connectivity index (χ2n) is 8.40. The van der Waals surface area contributed by atoms with E-state index in [2.05, 4.69) is 16.0 Å². The van der Waals surface area contributed by atoms with Crippen molar-refractivity contribution < 1.29 is 18.3 Å². The normalized spacial score (nSPS) is 11.5. The Bertz CT molecular complexity index is 1710. The van der Waals surface area contributed by atoms with Crippen molar-refractivity contribution in [1.82, 2.24) is 19.7 Å². The van der Waals surface area contributed by atoms with Gasteiger partial charge in [-0.1, -0.05) is 24.3 Å². The van der Waals surface area contributed by atoms with Gasteiger partial charge in [0, 0.05) is 41.5 Å². The number of hydrogen-bond donors (Lipinski definition) is 2. The number of rotatable bonds is 7. The quantitative estimate of drug-likeness (QED) is 0.319. The molecule has 0 atom stereocenters. The molecule has 0 saturated carbocycles. The number of aryl methyl sites for hydroxylation is 1. The molecule has 0 bridgehead atoms. The molecular weight excluding hydrogens is 510 g/mol. The third-order valence-electron chi connectivity index (χ3n) is 5.85. The van der Waals surface area contributed by atoms with Crippen LogP contribution in [0.5, 0.6) is 0 Å². The lowest BCUT2D eigenvalue weighted by Gasteiger charge is -2.10. The topological polar surface area (TPSA) is 141 Å². The standard InChI is InChI=1S/C26H21N5O4S2/c1-16-2-5-19(13-22(16)18-8-10-28-11-9-18)24-20(12-17-3-6-21(7-4-17)37(27,34)35)14-31(30-24)26-29-23(15-36-26)25(32)33/h2-11,13-15H,12H2,1H3,(H,32,33)(H2,27,34,35). The number of thiazole rings is 1. The lowest BCUT2D eigenvalue weighted by Crippen LogP contribution is -2.11. The molecule has 9 nitrogen and oxygen atoms in total. The lowest BCUT2D eigenvalue weighted by molar-refractivity contribution is 0.0691. The molecule has 0 aliphatic carbocycles. The van der Waals surface area contributed by atoms with Crippen LogP contribution in [-0.2, 0) is 16.4 Å². The Kier molecular flexibility index (Phi) is 6.42. The van der Waals surface area contributed by atoms with Crippen molar-refractivity contribution in [2.75, 3.05) is 0 Å². The van der Waals surface area contributed by atoms with E-state index >= 15 is 0 Å². The van der Waals surface area contributed by atoms with E-state index in [1.165, 1.54) is 28.8 Å². The average Bonchev–Trinajstić information content (AvgIpc) is 3.53. The van der Waals surface area contributed by atoms with Crippen molar-refractivity contribution in [2.24, 2.45) is 5.14 Å². The fourth-order valence-electron chi connectivity index (χ4n) is 3.98. The third kappa shape index (κ3) is 5.19. The summed E-state index contributed by atoms with van der Waals surface area (Å²) in [5.74, 6) is -1.11. The summed E-state index contributed by atoms with van der Waals surface area (Å²) in [5, 5.41) is 21.2. The Labute approximate surface area is 216 Å². The predicted molar refractivity (Wildman–Crippen MR) is 140 cm³/mol. The molecule has 0 spiro atoms. The maximum atomic E-state index is 11.6. The maximum Gasteiger partial charge on any atom is 0.355 e. The summed E-state index contributed by atoms with van der Waals surface area (Å²) in [6.07, 6.45) is 5.76. The highest BCUT2D eigenvalue weighted by Gasteiger charge is 2.18. The first kappa shape index (κ1) is 24.5. The van der Waals surface area contributed by atoms with E-state index in [-0.39, 0.29) is 10.6 Å². The second kappa shape index (κ2) is 9.69. The lowest BCUT2D eigenvalue weighted by atomic mass is 9.95. The van der Waals surface area contributed by atoms with E-state index in [9.17, 15) is 18.3 Å². The second-order valence-corrected chi connectivity index (χ2v) is 10.8. The molecule has 3 aromatic heterocycles. The van der Waals surface area contributed by atoms with Gasteiger partial charge in [-0.3, -0.25) is 4.98 Å². The Hall–Kier alpha value is -4.19. The Balaban J connectivity index is 1.60. The van der Waals surface area contributed by atoms with E-state index in [0.717, 1.165) is 33.4 Å². The van der Waals surface area contributed by atoms with Gasteiger partial charge < -0.3 is 5.11 Å². The summed E-state index contributed by atoms with van der Waals surface area (Å²) < 4.78 is 24.9. The number of aromatic nitrogens is 4.